The summed E-state index contributed by atoms with van der Waals surface area (Å²) in [6.45, 7) is 1.02. The first kappa shape index (κ1) is 29.4. The average molecular weight is 592 g/mol. The number of carbonyl (C=O) groups excluding carboxylic acids is 3. The van der Waals surface area contributed by atoms with E-state index in [1.54, 1.807) is 18.2 Å². The van der Waals surface area contributed by atoms with Crippen LogP contribution in [-0.4, -0.2) is 95.4 Å². The molecule has 2 heterocycles. The number of nitrogens with zero attached hydrogens (tertiary/aromatic N) is 2. The zero-order chi connectivity index (χ0) is 28.9. The fourth-order valence-electron chi connectivity index (χ4n) is 4.15. The molecule has 2 aliphatic rings. The summed E-state index contributed by atoms with van der Waals surface area (Å²) in [7, 11) is 0.663. The van der Waals surface area contributed by atoms with Gasteiger partial charge in [-0.1, -0.05) is 6.07 Å². The van der Waals surface area contributed by atoms with Crippen LogP contribution in [0, 0.1) is 0 Å². The Bertz CT molecular complexity index is 1410. The van der Waals surface area contributed by atoms with E-state index in [0.29, 0.717) is 36.0 Å². The summed E-state index contributed by atoms with van der Waals surface area (Å²) in [4.78, 5) is 39.5. The number of carbonyl (C=O) groups is 3. The quantitative estimate of drug-likeness (QED) is 0.409. The van der Waals surface area contributed by atoms with Gasteiger partial charge in [0, 0.05) is 31.7 Å². The maximum atomic E-state index is 12.9. The van der Waals surface area contributed by atoms with Gasteiger partial charge in [-0.3, -0.25) is 19.3 Å². The first-order chi connectivity index (χ1) is 19.2. The normalized spacial score (nSPS) is 17.3. The van der Waals surface area contributed by atoms with Gasteiger partial charge in [0.2, 0.25) is 15.8 Å². The number of methoxy groups -OCH3 is 3. The van der Waals surface area contributed by atoms with Crippen molar-refractivity contribution < 1.29 is 41.7 Å². The van der Waals surface area contributed by atoms with E-state index in [9.17, 15) is 22.8 Å². The third-order valence-corrected chi connectivity index (χ3v) is 8.99. The van der Waals surface area contributed by atoms with Crippen molar-refractivity contribution >= 4 is 44.9 Å². The second-order valence-electron chi connectivity index (χ2n) is 8.59. The van der Waals surface area contributed by atoms with E-state index in [-0.39, 0.29) is 41.5 Å². The van der Waals surface area contributed by atoms with Crippen LogP contribution in [-0.2, 0) is 19.6 Å². The molecule has 2 aromatic rings. The summed E-state index contributed by atoms with van der Waals surface area (Å²) in [6, 6.07) is 9.04. The molecule has 3 amide bonds. The monoisotopic (exact) mass is 591 g/mol. The number of imide groups is 1. The Balaban J connectivity index is 1.40. The van der Waals surface area contributed by atoms with Crippen LogP contribution in [0.5, 0.6) is 17.2 Å². The first-order valence-electron chi connectivity index (χ1n) is 12.2. The minimum atomic E-state index is -3.77. The highest BCUT2D eigenvalue weighted by molar-refractivity contribution is 8.18. The van der Waals surface area contributed by atoms with Gasteiger partial charge in [-0.25, -0.2) is 8.42 Å². The van der Waals surface area contributed by atoms with Crippen molar-refractivity contribution in [2.45, 2.75) is 4.90 Å². The van der Waals surface area contributed by atoms with Crippen molar-refractivity contribution in [3.05, 3.63) is 52.4 Å². The van der Waals surface area contributed by atoms with Gasteiger partial charge in [-0.15, -0.1) is 0 Å². The summed E-state index contributed by atoms with van der Waals surface area (Å²) < 4.78 is 48.4. The zero-order valence-corrected chi connectivity index (χ0v) is 23.8. The van der Waals surface area contributed by atoms with E-state index in [2.05, 4.69) is 5.32 Å². The minimum absolute atomic E-state index is 0.00456. The predicted molar refractivity (Wildman–Crippen MR) is 147 cm³/mol. The minimum Gasteiger partial charge on any atom is -0.493 e. The molecule has 40 heavy (non-hydrogen) atoms. The number of hydrogen-bond donors (Lipinski definition) is 1. The van der Waals surface area contributed by atoms with Crippen LogP contribution in [0.3, 0.4) is 0 Å². The molecule has 14 heteroatoms. The van der Waals surface area contributed by atoms with Crippen molar-refractivity contribution in [3.63, 3.8) is 0 Å². The van der Waals surface area contributed by atoms with Crippen molar-refractivity contribution in [1.29, 1.82) is 0 Å². The van der Waals surface area contributed by atoms with Crippen molar-refractivity contribution in [1.82, 2.24) is 14.5 Å². The molecule has 4 rings (SSSR count). The fraction of sp³-hybridized carbons (Fsp3) is 0.346. The Morgan fingerprint density at radius 2 is 1.73 bits per heavy atom. The van der Waals surface area contributed by atoms with E-state index >= 15 is 0 Å². The second kappa shape index (κ2) is 12.7. The number of morpholine rings is 1. The molecule has 2 saturated heterocycles. The molecule has 0 aromatic heterocycles. The molecule has 0 unspecified atom stereocenters. The Hall–Kier alpha value is -3.59. The number of rotatable bonds is 10. The number of sulfonamides is 1. The van der Waals surface area contributed by atoms with Gasteiger partial charge < -0.3 is 24.3 Å². The molecule has 2 fully saturated rings. The second-order valence-corrected chi connectivity index (χ2v) is 11.5. The molecule has 2 aliphatic heterocycles. The molecule has 0 aliphatic carbocycles. The van der Waals surface area contributed by atoms with Gasteiger partial charge in [-0.05, 0) is 53.7 Å². The van der Waals surface area contributed by atoms with Gasteiger partial charge in [0.15, 0.2) is 11.5 Å². The number of ether oxygens (including phenoxy) is 4. The number of hydrogen-bond acceptors (Lipinski definition) is 10. The lowest BCUT2D eigenvalue weighted by atomic mass is 10.1. The third-order valence-electron chi connectivity index (χ3n) is 6.18. The van der Waals surface area contributed by atoms with Crippen LogP contribution < -0.4 is 19.5 Å². The number of nitrogens with one attached hydrogen (secondary N) is 1. The van der Waals surface area contributed by atoms with E-state index < -0.39 is 27.1 Å². The van der Waals surface area contributed by atoms with E-state index in [0.717, 1.165) is 16.7 Å². The Labute approximate surface area is 236 Å². The highest BCUT2D eigenvalue weighted by Gasteiger charge is 2.35. The number of thioether (sulfide) groups is 1. The predicted octanol–water partition coefficient (Wildman–Crippen LogP) is 2.20. The van der Waals surface area contributed by atoms with E-state index in [4.69, 9.17) is 18.9 Å². The average Bonchev–Trinajstić information content (AvgIpc) is 3.24. The number of benzene rings is 2. The highest BCUT2D eigenvalue weighted by atomic mass is 32.2. The van der Waals surface area contributed by atoms with Crippen LogP contribution in [0.2, 0.25) is 0 Å². The fourth-order valence-corrected chi connectivity index (χ4v) is 6.47. The molecular formula is C26H29N3O9S2. The molecule has 0 spiro atoms. The van der Waals surface area contributed by atoms with Gasteiger partial charge in [0.05, 0.1) is 44.3 Å². The topological polar surface area (TPSA) is 141 Å². The molecule has 0 atom stereocenters. The van der Waals surface area contributed by atoms with Crippen LogP contribution in [0.15, 0.2) is 46.2 Å². The maximum absolute atomic E-state index is 12.9. The lowest BCUT2D eigenvalue weighted by Gasteiger charge is -2.26. The van der Waals surface area contributed by atoms with Gasteiger partial charge in [0.25, 0.3) is 17.1 Å². The molecule has 1 N–H and O–H groups in total. The molecule has 0 saturated carbocycles. The van der Waals surface area contributed by atoms with Gasteiger partial charge in [0.1, 0.15) is 0 Å². The summed E-state index contributed by atoms with van der Waals surface area (Å²) in [5.74, 6) is 0.166. The van der Waals surface area contributed by atoms with Crippen LogP contribution in [0.1, 0.15) is 15.9 Å². The summed E-state index contributed by atoms with van der Waals surface area (Å²) in [5.41, 5.74) is 0.714. The molecule has 0 radical (unpaired) electrons. The number of amides is 3. The van der Waals surface area contributed by atoms with Crippen LogP contribution in [0.25, 0.3) is 6.08 Å². The maximum Gasteiger partial charge on any atom is 0.293 e. The summed E-state index contributed by atoms with van der Waals surface area (Å²) >= 11 is 0.780. The Morgan fingerprint density at radius 1 is 1.05 bits per heavy atom. The summed E-state index contributed by atoms with van der Waals surface area (Å²) in [5, 5.41) is 2.17. The van der Waals surface area contributed by atoms with Crippen molar-refractivity contribution in [3.8, 4) is 17.2 Å². The molecular weight excluding hydrogens is 562 g/mol. The van der Waals surface area contributed by atoms with Crippen LogP contribution in [0.4, 0.5) is 4.79 Å². The van der Waals surface area contributed by atoms with E-state index in [1.165, 1.54) is 49.9 Å². The lowest BCUT2D eigenvalue weighted by Crippen LogP contribution is -2.40. The van der Waals surface area contributed by atoms with Gasteiger partial charge >= 0.3 is 0 Å². The zero-order valence-electron chi connectivity index (χ0n) is 22.2. The molecule has 214 valence electrons. The van der Waals surface area contributed by atoms with Crippen LogP contribution >= 0.6 is 11.8 Å². The van der Waals surface area contributed by atoms with E-state index in [1.807, 2.05) is 0 Å². The molecule has 0 bridgehead atoms. The molecule has 2 aromatic carbocycles. The lowest BCUT2D eigenvalue weighted by molar-refractivity contribution is -0.122. The van der Waals surface area contributed by atoms with Crippen molar-refractivity contribution in [2.75, 3.05) is 60.7 Å². The smallest absolute Gasteiger partial charge is 0.293 e. The van der Waals surface area contributed by atoms with Gasteiger partial charge in [-0.2, -0.15) is 4.31 Å². The Kier molecular flexibility index (Phi) is 9.35. The molecule has 12 nitrogen and oxygen atoms in total. The standard InChI is InChI=1S/C26H29N3O9S2/c1-35-20-13-17(14-21(36-2)23(20)37-3)15-22-25(31)29(26(32)39-22)8-7-27-24(30)18-5-4-6-19(16-18)40(33,34)28-9-11-38-12-10-28/h4-6,13-16H,7-12H2,1-3H3,(H,27,30)/b22-15+. The first-order valence-corrected chi connectivity index (χ1v) is 14.5. The highest BCUT2D eigenvalue weighted by Crippen LogP contribution is 2.40. The SMILES string of the molecule is COc1cc(/C=C2/SC(=O)N(CCNC(=O)c3cccc(S(=O)(=O)N4CCOCC4)c3)C2=O)cc(OC)c1OC. The third kappa shape index (κ3) is 6.25. The summed E-state index contributed by atoms with van der Waals surface area (Å²) in [6.07, 6.45) is 1.55. The Morgan fingerprint density at radius 3 is 2.35 bits per heavy atom. The van der Waals surface area contributed by atoms with Crippen molar-refractivity contribution in [2.24, 2.45) is 0 Å². The largest absolute Gasteiger partial charge is 0.493 e.